The lowest BCUT2D eigenvalue weighted by Gasteiger charge is -2.52. The molecule has 2 aromatic rings. The first-order chi connectivity index (χ1) is 14.8. The molecule has 1 saturated carbocycles. The van der Waals surface area contributed by atoms with Crippen LogP contribution in [0.2, 0.25) is 0 Å². The molecule has 1 saturated heterocycles. The van der Waals surface area contributed by atoms with Crippen molar-refractivity contribution in [1.29, 1.82) is 0 Å². The molecule has 0 bridgehead atoms. The molecule has 4 rings (SSSR count). The van der Waals surface area contributed by atoms with Gasteiger partial charge in [0.15, 0.2) is 0 Å². The maximum atomic E-state index is 13.1. The number of nitrogens with one attached hydrogen (secondary N) is 2. The number of carbonyl (C=O) groups is 2. The first-order valence-corrected chi connectivity index (χ1v) is 11.2. The van der Waals surface area contributed by atoms with Gasteiger partial charge in [0.05, 0.1) is 12.2 Å². The quantitative estimate of drug-likeness (QED) is 0.723. The van der Waals surface area contributed by atoms with Crippen LogP contribution in [0.4, 0.5) is 5.69 Å². The molecule has 1 heterocycles. The predicted octanol–water partition coefficient (Wildman–Crippen LogP) is 5.10. The molecule has 2 aromatic carbocycles. The van der Waals surface area contributed by atoms with Crippen LogP contribution < -0.4 is 10.6 Å². The number of ether oxygens (including phenoxy) is 1. The van der Waals surface area contributed by atoms with Gasteiger partial charge in [-0.1, -0.05) is 43.7 Å². The van der Waals surface area contributed by atoms with Gasteiger partial charge >= 0.3 is 0 Å². The van der Waals surface area contributed by atoms with Gasteiger partial charge in [-0.2, -0.15) is 0 Å². The van der Waals surface area contributed by atoms with E-state index in [4.69, 9.17) is 4.74 Å². The number of carbonyl (C=O) groups excluding carboxylic acids is 2. The maximum Gasteiger partial charge on any atom is 0.251 e. The van der Waals surface area contributed by atoms with Crippen molar-refractivity contribution in [2.45, 2.75) is 64.2 Å². The second-order valence-corrected chi connectivity index (χ2v) is 9.43. The van der Waals surface area contributed by atoms with Gasteiger partial charge in [-0.25, -0.2) is 0 Å². The molecule has 1 aliphatic carbocycles. The number of amides is 2. The van der Waals surface area contributed by atoms with Crippen LogP contribution in [0.1, 0.15) is 68.5 Å². The Labute approximate surface area is 184 Å². The van der Waals surface area contributed by atoms with Crippen molar-refractivity contribution in [2.24, 2.45) is 11.8 Å². The SMILES string of the molecule is CC(=O)Nc1ccc([C@H]2C[C@@](C)(NC(=O)c3ccccc3)[C@@H]3CC[C@@H](C)C[C@H]3O2)cc1. The van der Waals surface area contributed by atoms with Crippen LogP contribution in [-0.2, 0) is 9.53 Å². The van der Waals surface area contributed by atoms with Gasteiger partial charge in [-0.15, -0.1) is 0 Å². The van der Waals surface area contributed by atoms with Gasteiger partial charge in [-0.3, -0.25) is 9.59 Å². The van der Waals surface area contributed by atoms with E-state index in [1.54, 1.807) is 0 Å². The minimum absolute atomic E-state index is 0.0258. The van der Waals surface area contributed by atoms with Crippen molar-refractivity contribution in [3.63, 3.8) is 0 Å². The summed E-state index contributed by atoms with van der Waals surface area (Å²) in [5.41, 5.74) is 2.19. The summed E-state index contributed by atoms with van der Waals surface area (Å²) < 4.78 is 6.61. The summed E-state index contributed by atoms with van der Waals surface area (Å²) in [6, 6.07) is 17.3. The van der Waals surface area contributed by atoms with E-state index in [0.717, 1.165) is 36.9 Å². The zero-order chi connectivity index (χ0) is 22.0. The minimum Gasteiger partial charge on any atom is -0.370 e. The van der Waals surface area contributed by atoms with E-state index in [1.807, 2.05) is 54.6 Å². The predicted molar refractivity (Wildman–Crippen MR) is 122 cm³/mol. The summed E-state index contributed by atoms with van der Waals surface area (Å²) in [4.78, 5) is 24.4. The Morgan fingerprint density at radius 1 is 1.03 bits per heavy atom. The Kier molecular flexibility index (Phi) is 6.15. The lowest BCUT2D eigenvalue weighted by atomic mass is 9.66. The standard InChI is InChI=1S/C26H32N2O3/c1-17-9-14-22-23(15-17)31-24(19-10-12-21(13-11-19)27-18(2)29)16-26(22,3)28-25(30)20-7-5-4-6-8-20/h4-8,10-13,17,22-24H,9,14-16H2,1-3H3,(H,27,29)(H,28,30)/t17-,22-,23-,24-,26-/m1/s1. The molecule has 0 unspecified atom stereocenters. The van der Waals surface area contributed by atoms with Crippen LogP contribution in [0.25, 0.3) is 0 Å². The second-order valence-electron chi connectivity index (χ2n) is 9.43. The molecule has 2 amide bonds. The molecular weight excluding hydrogens is 388 g/mol. The first kappa shape index (κ1) is 21.6. The Balaban J connectivity index is 1.58. The van der Waals surface area contributed by atoms with Crippen LogP contribution >= 0.6 is 0 Å². The highest BCUT2D eigenvalue weighted by atomic mass is 16.5. The normalized spacial score (nSPS) is 30.2. The maximum absolute atomic E-state index is 13.1. The van der Waals surface area contributed by atoms with Crippen molar-refractivity contribution in [3.05, 3.63) is 65.7 Å². The van der Waals surface area contributed by atoms with E-state index in [9.17, 15) is 9.59 Å². The lowest BCUT2D eigenvalue weighted by Crippen LogP contribution is -2.60. The van der Waals surface area contributed by atoms with E-state index in [-0.39, 0.29) is 29.6 Å². The fraction of sp³-hybridized carbons (Fsp3) is 0.462. The first-order valence-electron chi connectivity index (χ1n) is 11.2. The van der Waals surface area contributed by atoms with Gasteiger partial charge in [-0.05, 0) is 55.5 Å². The van der Waals surface area contributed by atoms with Crippen LogP contribution in [0.15, 0.2) is 54.6 Å². The smallest absolute Gasteiger partial charge is 0.251 e. The zero-order valence-electron chi connectivity index (χ0n) is 18.6. The molecule has 164 valence electrons. The lowest BCUT2D eigenvalue weighted by molar-refractivity contribution is -0.144. The molecule has 31 heavy (non-hydrogen) atoms. The molecule has 1 aliphatic heterocycles. The number of rotatable bonds is 4. The van der Waals surface area contributed by atoms with E-state index in [0.29, 0.717) is 17.4 Å². The summed E-state index contributed by atoms with van der Waals surface area (Å²) >= 11 is 0. The summed E-state index contributed by atoms with van der Waals surface area (Å²) in [5.74, 6) is 0.807. The number of anilines is 1. The Bertz CT molecular complexity index is 927. The highest BCUT2D eigenvalue weighted by Crippen LogP contribution is 2.48. The Hall–Kier alpha value is -2.66. The molecule has 5 nitrogen and oxygen atoms in total. The summed E-state index contributed by atoms with van der Waals surface area (Å²) in [6.07, 6.45) is 3.99. The van der Waals surface area contributed by atoms with Crippen molar-refractivity contribution >= 4 is 17.5 Å². The average molecular weight is 421 g/mol. The molecule has 0 aromatic heterocycles. The number of hydrogen-bond acceptors (Lipinski definition) is 3. The minimum atomic E-state index is -0.350. The molecule has 2 fully saturated rings. The summed E-state index contributed by atoms with van der Waals surface area (Å²) in [5, 5.41) is 6.20. The zero-order valence-corrected chi connectivity index (χ0v) is 18.6. The number of hydrogen-bond donors (Lipinski definition) is 2. The molecule has 0 radical (unpaired) electrons. The number of fused-ring (bicyclic) bond motifs is 1. The molecule has 5 heteroatoms. The van der Waals surface area contributed by atoms with Crippen molar-refractivity contribution in [2.75, 3.05) is 5.32 Å². The van der Waals surface area contributed by atoms with Crippen molar-refractivity contribution in [1.82, 2.24) is 5.32 Å². The molecule has 0 spiro atoms. The average Bonchev–Trinajstić information content (AvgIpc) is 2.74. The largest absolute Gasteiger partial charge is 0.370 e. The fourth-order valence-corrected chi connectivity index (χ4v) is 5.25. The van der Waals surface area contributed by atoms with Crippen LogP contribution in [-0.4, -0.2) is 23.5 Å². The summed E-state index contributed by atoms with van der Waals surface area (Å²) in [6.45, 7) is 5.97. The van der Waals surface area contributed by atoms with Gasteiger partial charge in [0, 0.05) is 36.1 Å². The molecule has 2 aliphatic rings. The highest BCUT2D eigenvalue weighted by Gasteiger charge is 2.49. The second kappa shape index (κ2) is 8.83. The molecule has 2 N–H and O–H groups in total. The topological polar surface area (TPSA) is 67.4 Å². The third-order valence-electron chi connectivity index (χ3n) is 6.86. The monoisotopic (exact) mass is 420 g/mol. The third-order valence-corrected chi connectivity index (χ3v) is 6.86. The van der Waals surface area contributed by atoms with Crippen molar-refractivity contribution < 1.29 is 14.3 Å². The van der Waals surface area contributed by atoms with Crippen molar-refractivity contribution in [3.8, 4) is 0 Å². The van der Waals surface area contributed by atoms with Crippen LogP contribution in [0.5, 0.6) is 0 Å². The molecular formula is C26H32N2O3. The summed E-state index contributed by atoms with van der Waals surface area (Å²) in [7, 11) is 0. The van der Waals surface area contributed by atoms with E-state index in [1.165, 1.54) is 6.92 Å². The van der Waals surface area contributed by atoms with Gasteiger partial charge < -0.3 is 15.4 Å². The van der Waals surface area contributed by atoms with Gasteiger partial charge in [0.2, 0.25) is 5.91 Å². The Morgan fingerprint density at radius 3 is 2.42 bits per heavy atom. The van der Waals surface area contributed by atoms with Crippen LogP contribution in [0, 0.1) is 11.8 Å². The number of benzene rings is 2. The highest BCUT2D eigenvalue weighted by molar-refractivity contribution is 5.94. The van der Waals surface area contributed by atoms with E-state index in [2.05, 4.69) is 24.5 Å². The van der Waals surface area contributed by atoms with E-state index < -0.39 is 0 Å². The van der Waals surface area contributed by atoms with E-state index >= 15 is 0 Å². The fourth-order valence-electron chi connectivity index (χ4n) is 5.25. The Morgan fingerprint density at radius 2 is 1.74 bits per heavy atom. The van der Waals surface area contributed by atoms with Gasteiger partial charge in [0.25, 0.3) is 5.91 Å². The van der Waals surface area contributed by atoms with Gasteiger partial charge in [0.1, 0.15) is 0 Å². The molecule has 5 atom stereocenters. The van der Waals surface area contributed by atoms with Crippen LogP contribution in [0.3, 0.4) is 0 Å². The third kappa shape index (κ3) is 4.82.